The van der Waals surface area contributed by atoms with Crippen molar-refractivity contribution >= 4 is 28.5 Å². The van der Waals surface area contributed by atoms with Crippen LogP contribution in [0.4, 0.5) is 0 Å². The summed E-state index contributed by atoms with van der Waals surface area (Å²) in [6, 6.07) is 17.2. The minimum absolute atomic E-state index is 0.0964. The maximum atomic E-state index is 11.8. The van der Waals surface area contributed by atoms with Crippen molar-refractivity contribution in [2.45, 2.75) is 0 Å². The van der Waals surface area contributed by atoms with E-state index in [9.17, 15) is 4.79 Å². The quantitative estimate of drug-likeness (QED) is 0.647. The lowest BCUT2D eigenvalue weighted by Crippen LogP contribution is -2.23. The summed E-state index contributed by atoms with van der Waals surface area (Å²) in [7, 11) is 0. The lowest BCUT2D eigenvalue weighted by atomic mass is 10.2. The maximum absolute atomic E-state index is 11.8. The Morgan fingerprint density at radius 2 is 1.89 bits per heavy atom. The molecule has 0 aliphatic heterocycles. The third-order valence-corrected chi connectivity index (χ3v) is 3.10. The van der Waals surface area contributed by atoms with Crippen LogP contribution < -0.4 is 5.32 Å². The summed E-state index contributed by atoms with van der Waals surface area (Å²) in [5.74, 6) is 5.83. The number of hydrogen-bond donors (Lipinski definition) is 1. The zero-order valence-electron chi connectivity index (χ0n) is 10.2. The molecule has 0 fully saturated rings. The molecular weight excluding hydrogens is 349 g/mol. The number of carbonyl (C=O) groups is 1. The summed E-state index contributed by atoms with van der Waals surface area (Å²) in [4.78, 5) is 11.8. The first-order valence-electron chi connectivity index (χ1n) is 5.83. The molecule has 2 nitrogen and oxygen atoms in total. The molecule has 0 aliphatic carbocycles. The van der Waals surface area contributed by atoms with Gasteiger partial charge in [0, 0.05) is 14.7 Å². The van der Waals surface area contributed by atoms with Gasteiger partial charge >= 0.3 is 0 Å². The van der Waals surface area contributed by atoms with Crippen molar-refractivity contribution in [2.24, 2.45) is 0 Å². The Labute approximate surface area is 126 Å². The highest BCUT2D eigenvalue weighted by molar-refractivity contribution is 14.1. The van der Waals surface area contributed by atoms with Gasteiger partial charge in [-0.1, -0.05) is 36.1 Å². The van der Waals surface area contributed by atoms with Crippen LogP contribution in [0, 0.1) is 15.4 Å². The summed E-state index contributed by atoms with van der Waals surface area (Å²) in [6.07, 6.45) is 0. The fraction of sp³-hybridized carbons (Fsp3) is 0.0625. The minimum Gasteiger partial charge on any atom is -0.341 e. The zero-order chi connectivity index (χ0) is 13.5. The second kappa shape index (κ2) is 6.95. The molecule has 94 valence electrons. The van der Waals surface area contributed by atoms with Crippen LogP contribution in [0.15, 0.2) is 54.6 Å². The molecular formula is C16H12INO. The second-order valence-electron chi connectivity index (χ2n) is 3.86. The van der Waals surface area contributed by atoms with E-state index >= 15 is 0 Å². The molecule has 1 amide bonds. The smallest absolute Gasteiger partial charge is 0.252 e. The van der Waals surface area contributed by atoms with E-state index in [1.54, 1.807) is 6.07 Å². The average molecular weight is 361 g/mol. The number of benzene rings is 2. The van der Waals surface area contributed by atoms with E-state index in [0.29, 0.717) is 12.1 Å². The number of halogens is 1. The van der Waals surface area contributed by atoms with E-state index in [2.05, 4.69) is 39.7 Å². The standard InChI is InChI=1S/C16H12INO/c17-15-10-4-9-14(12-15)16(19)18-11-5-8-13-6-2-1-3-7-13/h1-4,6-7,9-10,12H,11H2,(H,18,19). The van der Waals surface area contributed by atoms with Crippen molar-refractivity contribution in [1.82, 2.24) is 5.32 Å². The molecule has 0 atom stereocenters. The largest absolute Gasteiger partial charge is 0.341 e. The van der Waals surface area contributed by atoms with Gasteiger partial charge in [-0.15, -0.1) is 0 Å². The van der Waals surface area contributed by atoms with Crippen molar-refractivity contribution in [2.75, 3.05) is 6.54 Å². The third-order valence-electron chi connectivity index (χ3n) is 2.43. The van der Waals surface area contributed by atoms with Crippen molar-refractivity contribution in [3.8, 4) is 11.8 Å². The first kappa shape index (κ1) is 13.6. The average Bonchev–Trinajstić information content (AvgIpc) is 2.44. The van der Waals surface area contributed by atoms with Gasteiger partial charge in [0.05, 0.1) is 6.54 Å². The lowest BCUT2D eigenvalue weighted by molar-refractivity contribution is 0.0958. The summed E-state index contributed by atoms with van der Waals surface area (Å²) < 4.78 is 1.04. The van der Waals surface area contributed by atoms with Crippen LogP contribution in [-0.4, -0.2) is 12.5 Å². The maximum Gasteiger partial charge on any atom is 0.252 e. The van der Waals surface area contributed by atoms with Crippen molar-refractivity contribution in [3.05, 3.63) is 69.3 Å². The molecule has 0 bridgehead atoms. The van der Waals surface area contributed by atoms with Crippen LogP contribution in [0.5, 0.6) is 0 Å². The fourth-order valence-corrected chi connectivity index (χ4v) is 2.07. The van der Waals surface area contributed by atoms with E-state index < -0.39 is 0 Å². The first-order valence-corrected chi connectivity index (χ1v) is 6.91. The number of amides is 1. The summed E-state index contributed by atoms with van der Waals surface area (Å²) >= 11 is 2.18. The predicted octanol–water partition coefficient (Wildman–Crippen LogP) is 3.07. The van der Waals surface area contributed by atoms with Crippen molar-refractivity contribution in [1.29, 1.82) is 0 Å². The van der Waals surface area contributed by atoms with Gasteiger partial charge < -0.3 is 5.32 Å². The Kier molecular flexibility index (Phi) is 4.99. The van der Waals surface area contributed by atoms with Gasteiger partial charge in [-0.2, -0.15) is 0 Å². The Bertz CT molecular complexity index is 626. The molecule has 3 heteroatoms. The van der Waals surface area contributed by atoms with Gasteiger partial charge in [0.15, 0.2) is 0 Å². The van der Waals surface area contributed by atoms with Crippen LogP contribution in [-0.2, 0) is 0 Å². The topological polar surface area (TPSA) is 29.1 Å². The number of nitrogens with one attached hydrogen (secondary N) is 1. The zero-order valence-corrected chi connectivity index (χ0v) is 12.3. The Hall–Kier alpha value is -1.80. The normalized spacial score (nSPS) is 9.32. The van der Waals surface area contributed by atoms with Gasteiger partial charge in [-0.25, -0.2) is 0 Å². The van der Waals surface area contributed by atoms with Crippen molar-refractivity contribution < 1.29 is 4.79 Å². The van der Waals surface area contributed by atoms with Crippen molar-refractivity contribution in [3.63, 3.8) is 0 Å². The van der Waals surface area contributed by atoms with E-state index in [1.807, 2.05) is 48.5 Å². The number of rotatable bonds is 2. The molecule has 0 heterocycles. The molecule has 1 N–H and O–H groups in total. The molecule has 19 heavy (non-hydrogen) atoms. The van der Waals surface area contributed by atoms with Crippen LogP contribution in [0.25, 0.3) is 0 Å². The predicted molar refractivity (Wildman–Crippen MR) is 84.8 cm³/mol. The van der Waals surface area contributed by atoms with Crippen LogP contribution >= 0.6 is 22.6 Å². The third kappa shape index (κ3) is 4.42. The van der Waals surface area contributed by atoms with Crippen LogP contribution in [0.3, 0.4) is 0 Å². The SMILES string of the molecule is O=C(NCC#Cc1ccccc1)c1cccc(I)c1. The molecule has 0 aromatic heterocycles. The second-order valence-corrected chi connectivity index (χ2v) is 5.11. The van der Waals surface area contributed by atoms with Gasteiger partial charge in [0.25, 0.3) is 5.91 Å². The van der Waals surface area contributed by atoms with Gasteiger partial charge in [-0.05, 0) is 52.9 Å². The minimum atomic E-state index is -0.0964. The molecule has 2 aromatic carbocycles. The Morgan fingerprint density at radius 3 is 2.63 bits per heavy atom. The molecule has 0 saturated heterocycles. The van der Waals surface area contributed by atoms with E-state index in [0.717, 1.165) is 9.13 Å². The van der Waals surface area contributed by atoms with Crippen LogP contribution in [0.2, 0.25) is 0 Å². The van der Waals surface area contributed by atoms with Crippen LogP contribution in [0.1, 0.15) is 15.9 Å². The van der Waals surface area contributed by atoms with E-state index in [1.165, 1.54) is 0 Å². The summed E-state index contributed by atoms with van der Waals surface area (Å²) in [6.45, 7) is 0.346. The fourth-order valence-electron chi connectivity index (χ4n) is 1.52. The molecule has 0 saturated carbocycles. The first-order chi connectivity index (χ1) is 9.25. The van der Waals surface area contributed by atoms with Gasteiger partial charge in [-0.3, -0.25) is 4.79 Å². The molecule has 0 radical (unpaired) electrons. The number of carbonyl (C=O) groups excluding carboxylic acids is 1. The molecule has 0 spiro atoms. The Morgan fingerprint density at radius 1 is 1.11 bits per heavy atom. The summed E-state index contributed by atoms with van der Waals surface area (Å²) in [5.41, 5.74) is 1.61. The van der Waals surface area contributed by atoms with E-state index in [-0.39, 0.29) is 5.91 Å². The summed E-state index contributed by atoms with van der Waals surface area (Å²) in [5, 5.41) is 2.78. The highest BCUT2D eigenvalue weighted by atomic mass is 127. The van der Waals surface area contributed by atoms with E-state index in [4.69, 9.17) is 0 Å². The van der Waals surface area contributed by atoms with Gasteiger partial charge in [0.2, 0.25) is 0 Å². The monoisotopic (exact) mass is 361 g/mol. The molecule has 0 unspecified atom stereocenters. The molecule has 2 rings (SSSR count). The lowest BCUT2D eigenvalue weighted by Gasteiger charge is -2.01. The Balaban J connectivity index is 1.90. The molecule has 2 aromatic rings. The van der Waals surface area contributed by atoms with Gasteiger partial charge in [0.1, 0.15) is 0 Å². The highest BCUT2D eigenvalue weighted by Crippen LogP contribution is 2.07. The molecule has 0 aliphatic rings. The number of hydrogen-bond acceptors (Lipinski definition) is 1. The highest BCUT2D eigenvalue weighted by Gasteiger charge is 2.03.